The SMILES string of the molecule is SCc1ccc(/C=C/c2ccc(/C=C/[C]3[CH][CH][CH][CH]3)cc2)cc1.[CH]1[CH][CH][CH][CH]1.[Fe+2]. The molecule has 0 saturated heterocycles. The summed E-state index contributed by atoms with van der Waals surface area (Å²) in [5.41, 5.74) is 4.86. The molecule has 2 saturated carbocycles. The Balaban J connectivity index is 0.000000437. The maximum atomic E-state index is 4.28. The molecular weight excluding hydrogens is 412 g/mol. The zero-order chi connectivity index (χ0) is 19.4. The second-order valence-corrected chi connectivity index (χ2v) is 6.73. The summed E-state index contributed by atoms with van der Waals surface area (Å²) in [4.78, 5) is 0. The van der Waals surface area contributed by atoms with Gasteiger partial charge in [0, 0.05) is 11.7 Å². The van der Waals surface area contributed by atoms with Gasteiger partial charge < -0.3 is 0 Å². The fourth-order valence-electron chi connectivity index (χ4n) is 2.66. The maximum absolute atomic E-state index is 4.28. The average Bonchev–Trinajstić information content (AvgIpc) is 3.49. The van der Waals surface area contributed by atoms with E-state index in [1.807, 2.05) is 32.1 Å². The minimum absolute atomic E-state index is 0. The van der Waals surface area contributed by atoms with Crippen molar-refractivity contribution >= 4 is 30.9 Å². The van der Waals surface area contributed by atoms with Crippen LogP contribution in [0, 0.1) is 63.7 Å². The maximum Gasteiger partial charge on any atom is 2.00 e. The van der Waals surface area contributed by atoms with Crippen LogP contribution in [0.4, 0.5) is 0 Å². The quantitative estimate of drug-likeness (QED) is 0.300. The van der Waals surface area contributed by atoms with Gasteiger partial charge in [0.25, 0.3) is 0 Å². The number of hydrogen-bond acceptors (Lipinski definition) is 1. The van der Waals surface area contributed by atoms with Crippen LogP contribution >= 0.6 is 12.6 Å². The first-order chi connectivity index (χ1) is 13.8. The Hall–Kier alpha value is -1.21. The van der Waals surface area contributed by atoms with Gasteiger partial charge in [0.05, 0.1) is 0 Å². The average molecular weight is 436 g/mol. The molecule has 2 heteroatoms. The molecule has 144 valence electrons. The van der Waals surface area contributed by atoms with Crippen molar-refractivity contribution in [3.05, 3.63) is 141 Å². The van der Waals surface area contributed by atoms with E-state index in [2.05, 4.69) is 111 Å². The van der Waals surface area contributed by atoms with Crippen LogP contribution in [0.3, 0.4) is 0 Å². The van der Waals surface area contributed by atoms with Crippen LogP contribution in [0.2, 0.25) is 0 Å². The minimum Gasteiger partial charge on any atom is -0.175 e. The van der Waals surface area contributed by atoms with Gasteiger partial charge >= 0.3 is 17.1 Å². The number of allylic oxidation sites excluding steroid dienone is 1. The van der Waals surface area contributed by atoms with Gasteiger partial charge in [-0.2, -0.15) is 12.6 Å². The molecular formula is C27H24FeS+2. The summed E-state index contributed by atoms with van der Waals surface area (Å²) in [6.45, 7) is 0. The van der Waals surface area contributed by atoms with Crippen molar-refractivity contribution in [2.45, 2.75) is 5.75 Å². The van der Waals surface area contributed by atoms with Gasteiger partial charge in [-0.3, -0.25) is 0 Å². The first kappa shape index (κ1) is 24.1. The Morgan fingerprint density at radius 2 is 0.897 bits per heavy atom. The molecule has 0 amide bonds. The van der Waals surface area contributed by atoms with Crippen molar-refractivity contribution < 1.29 is 17.1 Å². The second kappa shape index (κ2) is 13.9. The normalized spacial score (nSPS) is 16.7. The summed E-state index contributed by atoms with van der Waals surface area (Å²) in [5, 5.41) is 0. The van der Waals surface area contributed by atoms with Gasteiger partial charge in [-0.15, -0.1) is 0 Å². The Labute approximate surface area is 193 Å². The van der Waals surface area contributed by atoms with Crippen LogP contribution in [0.5, 0.6) is 0 Å². The molecule has 2 aromatic rings. The fraction of sp³-hybridized carbons (Fsp3) is 0.0370. The van der Waals surface area contributed by atoms with Crippen LogP contribution in [0.15, 0.2) is 54.6 Å². The molecule has 0 unspecified atom stereocenters. The Bertz CT molecular complexity index is 726. The Kier molecular flexibility index (Phi) is 11.5. The summed E-state index contributed by atoms with van der Waals surface area (Å²) in [6, 6.07) is 17.0. The van der Waals surface area contributed by atoms with Crippen LogP contribution in [0.1, 0.15) is 22.3 Å². The molecule has 0 spiro atoms. The van der Waals surface area contributed by atoms with E-state index in [0.717, 1.165) is 5.75 Å². The molecule has 0 N–H and O–H groups in total. The van der Waals surface area contributed by atoms with Gasteiger partial charge in [0.15, 0.2) is 0 Å². The van der Waals surface area contributed by atoms with Gasteiger partial charge in [-0.1, -0.05) is 72.8 Å². The van der Waals surface area contributed by atoms with Crippen molar-refractivity contribution in [2.75, 3.05) is 0 Å². The smallest absolute Gasteiger partial charge is 0.175 e. The zero-order valence-corrected chi connectivity index (χ0v) is 18.1. The fourth-order valence-corrected chi connectivity index (χ4v) is 2.87. The molecule has 10 radical (unpaired) electrons. The van der Waals surface area contributed by atoms with Crippen molar-refractivity contribution in [2.24, 2.45) is 0 Å². The number of rotatable bonds is 5. The monoisotopic (exact) mass is 436 g/mol. The van der Waals surface area contributed by atoms with Crippen molar-refractivity contribution in [1.29, 1.82) is 0 Å². The van der Waals surface area contributed by atoms with Crippen LogP contribution in [-0.2, 0) is 22.8 Å². The van der Waals surface area contributed by atoms with E-state index in [-0.39, 0.29) is 17.1 Å². The first-order valence-electron chi connectivity index (χ1n) is 9.38. The molecule has 0 nitrogen and oxygen atoms in total. The molecule has 0 bridgehead atoms. The van der Waals surface area contributed by atoms with Crippen molar-refractivity contribution in [1.82, 2.24) is 0 Å². The van der Waals surface area contributed by atoms with Gasteiger partial charge in [0.2, 0.25) is 0 Å². The van der Waals surface area contributed by atoms with E-state index in [1.165, 1.54) is 28.2 Å². The molecule has 2 aromatic carbocycles. The summed E-state index contributed by atoms with van der Waals surface area (Å²) in [6.07, 6.45) is 26.9. The molecule has 29 heavy (non-hydrogen) atoms. The summed E-state index contributed by atoms with van der Waals surface area (Å²) >= 11 is 4.28. The molecule has 0 aliphatic heterocycles. The summed E-state index contributed by atoms with van der Waals surface area (Å²) < 4.78 is 0. The molecule has 2 aliphatic rings. The van der Waals surface area contributed by atoms with Gasteiger partial charge in [-0.05, 0) is 80.0 Å². The topological polar surface area (TPSA) is 0 Å². The molecule has 0 atom stereocenters. The number of hydrogen-bond donors (Lipinski definition) is 1. The van der Waals surface area contributed by atoms with E-state index in [4.69, 9.17) is 0 Å². The van der Waals surface area contributed by atoms with Crippen molar-refractivity contribution in [3.63, 3.8) is 0 Å². The molecule has 2 fully saturated rings. The minimum atomic E-state index is 0. The predicted octanol–water partition coefficient (Wildman–Crippen LogP) is 6.72. The molecule has 2 aliphatic carbocycles. The third-order valence-electron chi connectivity index (χ3n) is 4.28. The van der Waals surface area contributed by atoms with E-state index < -0.39 is 0 Å². The van der Waals surface area contributed by atoms with E-state index in [1.54, 1.807) is 0 Å². The number of thiol groups is 1. The third kappa shape index (κ3) is 8.99. The van der Waals surface area contributed by atoms with Crippen LogP contribution in [-0.4, -0.2) is 0 Å². The van der Waals surface area contributed by atoms with Crippen LogP contribution < -0.4 is 0 Å². The number of benzene rings is 2. The predicted molar refractivity (Wildman–Crippen MR) is 125 cm³/mol. The van der Waals surface area contributed by atoms with Gasteiger partial charge in [0.1, 0.15) is 0 Å². The van der Waals surface area contributed by atoms with Gasteiger partial charge in [-0.25, -0.2) is 0 Å². The van der Waals surface area contributed by atoms with E-state index in [0.29, 0.717) is 0 Å². The second-order valence-electron chi connectivity index (χ2n) is 6.41. The van der Waals surface area contributed by atoms with Crippen LogP contribution in [0.25, 0.3) is 18.2 Å². The summed E-state index contributed by atoms with van der Waals surface area (Å²) in [7, 11) is 0. The molecule has 4 rings (SSSR count). The standard InChI is InChI=1S/C22H19S.C5H5.Fe/c23-17-22-15-13-21(14-16-22)12-11-20-9-7-19(8-10-20)6-5-18-3-1-2-4-18;1-2-4-5-3-1;/h1-16,23H,17H2;1-5H;/q;;+2/b6-5+,12-11+;;. The Morgan fingerprint density at radius 3 is 1.31 bits per heavy atom. The van der Waals surface area contributed by atoms with E-state index >= 15 is 0 Å². The third-order valence-corrected chi connectivity index (χ3v) is 4.64. The largest absolute Gasteiger partial charge is 2.00 e. The molecule has 0 heterocycles. The van der Waals surface area contributed by atoms with Crippen molar-refractivity contribution in [3.8, 4) is 0 Å². The first-order valence-corrected chi connectivity index (χ1v) is 10.0. The summed E-state index contributed by atoms with van der Waals surface area (Å²) in [5.74, 6) is 2.02. The Morgan fingerprint density at radius 1 is 0.517 bits per heavy atom. The molecule has 0 aromatic heterocycles. The zero-order valence-electron chi connectivity index (χ0n) is 16.1. The van der Waals surface area contributed by atoms with E-state index in [9.17, 15) is 0 Å².